The summed E-state index contributed by atoms with van der Waals surface area (Å²) >= 11 is 0. The van der Waals surface area contributed by atoms with Gasteiger partial charge in [0, 0.05) is 30.6 Å². The molecule has 2 fully saturated rings. The number of hydrogen-bond acceptors (Lipinski definition) is 5. The van der Waals surface area contributed by atoms with Gasteiger partial charge in [-0.05, 0) is 31.4 Å². The molecule has 2 N–H and O–H groups in total. The van der Waals surface area contributed by atoms with E-state index in [1.807, 2.05) is 23.3 Å². The van der Waals surface area contributed by atoms with E-state index < -0.39 is 5.60 Å². The van der Waals surface area contributed by atoms with Crippen molar-refractivity contribution >= 4 is 12.2 Å². The average Bonchev–Trinajstić information content (AvgIpc) is 3.34. The maximum absolute atomic E-state index is 11.7. The number of fused-ring (bicyclic) bond motifs is 1. The zero-order valence-electron chi connectivity index (χ0n) is 16.3. The number of rotatable bonds is 4. The third-order valence-electron chi connectivity index (χ3n) is 6.97. The lowest BCUT2D eigenvalue weighted by Gasteiger charge is -2.50. The van der Waals surface area contributed by atoms with Crippen LogP contribution in [0, 0.1) is 5.41 Å². The van der Waals surface area contributed by atoms with Gasteiger partial charge in [-0.3, -0.25) is 0 Å². The number of aliphatic imine (C=N–C) groups is 1. The SMILES string of the molecule is OC1(CN2C=Nc3c(cnn3Cc3ccccc3)C2)CCNCC12CCCC2. The van der Waals surface area contributed by atoms with Crippen LogP contribution >= 0.6 is 0 Å². The van der Waals surface area contributed by atoms with Crippen molar-refractivity contribution in [3.8, 4) is 0 Å². The average molecular weight is 380 g/mol. The first-order chi connectivity index (χ1) is 13.7. The van der Waals surface area contributed by atoms with Gasteiger partial charge in [-0.15, -0.1) is 0 Å². The molecule has 3 aliphatic rings. The van der Waals surface area contributed by atoms with Crippen LogP contribution in [0.3, 0.4) is 0 Å². The molecule has 28 heavy (non-hydrogen) atoms. The molecule has 6 heteroatoms. The Kier molecular flexibility index (Phi) is 4.48. The minimum Gasteiger partial charge on any atom is -0.387 e. The predicted octanol–water partition coefficient (Wildman–Crippen LogP) is 2.69. The van der Waals surface area contributed by atoms with Gasteiger partial charge in [0.15, 0.2) is 5.82 Å². The monoisotopic (exact) mass is 379 g/mol. The molecule has 1 spiro atoms. The standard InChI is InChI=1S/C22H29N5O/c28-22(10-11-23-15-21(22)8-4-5-9-21)16-26-14-19-12-25-27(20(19)24-17-26)13-18-6-2-1-3-7-18/h1-3,6-7,12,17,23,28H,4-5,8-11,13-16H2. The van der Waals surface area contributed by atoms with Crippen molar-refractivity contribution in [2.75, 3.05) is 19.6 Å². The Hall–Kier alpha value is -2.18. The number of nitrogens with one attached hydrogen (secondary N) is 1. The molecule has 148 valence electrons. The topological polar surface area (TPSA) is 65.7 Å². The van der Waals surface area contributed by atoms with Crippen molar-refractivity contribution in [2.45, 2.75) is 50.8 Å². The fourth-order valence-electron chi connectivity index (χ4n) is 5.37. The Balaban J connectivity index is 1.32. The summed E-state index contributed by atoms with van der Waals surface area (Å²) in [4.78, 5) is 6.90. The fraction of sp³-hybridized carbons (Fsp3) is 0.545. The second-order valence-electron chi connectivity index (χ2n) is 8.73. The zero-order chi connectivity index (χ0) is 19.0. The van der Waals surface area contributed by atoms with Crippen LogP contribution < -0.4 is 5.32 Å². The third kappa shape index (κ3) is 3.05. The Morgan fingerprint density at radius 3 is 2.75 bits per heavy atom. The quantitative estimate of drug-likeness (QED) is 0.857. The van der Waals surface area contributed by atoms with Crippen molar-refractivity contribution in [1.82, 2.24) is 20.0 Å². The summed E-state index contributed by atoms with van der Waals surface area (Å²) in [5, 5.41) is 19.8. The van der Waals surface area contributed by atoms with Crippen LogP contribution in [0.4, 0.5) is 5.82 Å². The molecule has 1 aromatic carbocycles. The van der Waals surface area contributed by atoms with Crippen LogP contribution in [-0.2, 0) is 13.1 Å². The molecular formula is C22H29N5O. The van der Waals surface area contributed by atoms with Gasteiger partial charge >= 0.3 is 0 Å². The lowest BCUT2D eigenvalue weighted by molar-refractivity contribution is -0.113. The molecule has 1 aromatic heterocycles. The van der Waals surface area contributed by atoms with E-state index in [2.05, 4.69) is 39.6 Å². The van der Waals surface area contributed by atoms with E-state index in [-0.39, 0.29) is 5.41 Å². The highest BCUT2D eigenvalue weighted by molar-refractivity contribution is 5.65. The summed E-state index contributed by atoms with van der Waals surface area (Å²) in [6, 6.07) is 10.4. The fourth-order valence-corrected chi connectivity index (χ4v) is 5.37. The molecule has 5 rings (SSSR count). The van der Waals surface area contributed by atoms with Crippen molar-refractivity contribution in [3.63, 3.8) is 0 Å². The van der Waals surface area contributed by atoms with Crippen LogP contribution in [0.2, 0.25) is 0 Å². The molecule has 0 amide bonds. The number of β-amino-alcohol motifs (C(OH)–C–C–N with tert-alkyl or cyclic N) is 1. The van der Waals surface area contributed by atoms with E-state index in [0.717, 1.165) is 56.8 Å². The van der Waals surface area contributed by atoms with Gasteiger partial charge in [-0.2, -0.15) is 5.10 Å². The van der Waals surface area contributed by atoms with E-state index in [0.29, 0.717) is 6.54 Å². The summed E-state index contributed by atoms with van der Waals surface area (Å²) in [5.74, 6) is 0.938. The van der Waals surface area contributed by atoms with Crippen molar-refractivity contribution < 1.29 is 5.11 Å². The normalized spacial score (nSPS) is 26.0. The molecule has 2 aliphatic heterocycles. The van der Waals surface area contributed by atoms with Crippen LogP contribution in [0.5, 0.6) is 0 Å². The van der Waals surface area contributed by atoms with Gasteiger partial charge < -0.3 is 15.3 Å². The van der Waals surface area contributed by atoms with Gasteiger partial charge in [0.05, 0.1) is 24.7 Å². The zero-order valence-corrected chi connectivity index (χ0v) is 16.3. The van der Waals surface area contributed by atoms with Gasteiger partial charge in [0.2, 0.25) is 0 Å². The Labute approximate surface area is 166 Å². The maximum Gasteiger partial charge on any atom is 0.157 e. The number of aromatic nitrogens is 2. The highest BCUT2D eigenvalue weighted by atomic mass is 16.3. The molecule has 1 saturated heterocycles. The van der Waals surface area contributed by atoms with Crippen LogP contribution in [0.1, 0.15) is 43.2 Å². The van der Waals surface area contributed by atoms with Crippen molar-refractivity contribution in [1.29, 1.82) is 0 Å². The van der Waals surface area contributed by atoms with E-state index in [1.54, 1.807) is 0 Å². The van der Waals surface area contributed by atoms with Crippen molar-refractivity contribution in [2.24, 2.45) is 10.4 Å². The largest absolute Gasteiger partial charge is 0.387 e. The first-order valence-corrected chi connectivity index (χ1v) is 10.5. The number of aliphatic hydroxyl groups is 1. The molecular weight excluding hydrogens is 350 g/mol. The molecule has 1 aliphatic carbocycles. The van der Waals surface area contributed by atoms with Gasteiger partial charge in [-0.25, -0.2) is 9.67 Å². The lowest BCUT2D eigenvalue weighted by Crippen LogP contribution is -2.62. The van der Waals surface area contributed by atoms with Gasteiger partial charge in [0.25, 0.3) is 0 Å². The van der Waals surface area contributed by atoms with E-state index >= 15 is 0 Å². The minimum atomic E-state index is -0.641. The molecule has 1 saturated carbocycles. The summed E-state index contributed by atoms with van der Waals surface area (Å²) in [6.07, 6.45) is 9.37. The van der Waals surface area contributed by atoms with E-state index in [9.17, 15) is 5.11 Å². The first-order valence-electron chi connectivity index (χ1n) is 10.5. The Morgan fingerprint density at radius 2 is 1.93 bits per heavy atom. The number of benzene rings is 1. The molecule has 1 atom stereocenters. The summed E-state index contributed by atoms with van der Waals surface area (Å²) in [5.41, 5.74) is 1.74. The predicted molar refractivity (Wildman–Crippen MR) is 110 cm³/mol. The highest BCUT2D eigenvalue weighted by Gasteiger charge is 2.53. The third-order valence-corrected chi connectivity index (χ3v) is 6.97. The minimum absolute atomic E-state index is 0.0247. The Morgan fingerprint density at radius 1 is 1.11 bits per heavy atom. The van der Waals surface area contributed by atoms with Gasteiger partial charge in [-0.1, -0.05) is 43.2 Å². The highest BCUT2D eigenvalue weighted by Crippen LogP contribution is 2.49. The molecule has 6 nitrogen and oxygen atoms in total. The number of hydrogen-bond donors (Lipinski definition) is 2. The van der Waals surface area contributed by atoms with Gasteiger partial charge in [0.1, 0.15) is 0 Å². The van der Waals surface area contributed by atoms with Crippen LogP contribution in [0.25, 0.3) is 0 Å². The smallest absolute Gasteiger partial charge is 0.157 e. The van der Waals surface area contributed by atoms with E-state index in [4.69, 9.17) is 4.99 Å². The second kappa shape index (κ2) is 7.01. The van der Waals surface area contributed by atoms with Crippen LogP contribution in [-0.4, -0.2) is 51.4 Å². The number of piperidine rings is 1. The molecule has 0 bridgehead atoms. The lowest BCUT2D eigenvalue weighted by atomic mass is 9.66. The Bertz CT molecular complexity index is 855. The molecule has 3 heterocycles. The molecule has 0 radical (unpaired) electrons. The summed E-state index contributed by atoms with van der Waals surface area (Å²) in [7, 11) is 0. The molecule has 1 unspecified atom stereocenters. The number of nitrogens with zero attached hydrogens (tertiary/aromatic N) is 4. The maximum atomic E-state index is 11.7. The summed E-state index contributed by atoms with van der Waals surface area (Å²) in [6.45, 7) is 3.98. The molecule has 2 aromatic rings. The van der Waals surface area contributed by atoms with Crippen molar-refractivity contribution in [3.05, 3.63) is 47.7 Å². The summed E-state index contributed by atoms with van der Waals surface area (Å²) < 4.78 is 1.97. The first kappa shape index (κ1) is 17.9. The second-order valence-corrected chi connectivity index (χ2v) is 8.73. The van der Waals surface area contributed by atoms with E-state index in [1.165, 1.54) is 18.4 Å². The van der Waals surface area contributed by atoms with Crippen LogP contribution in [0.15, 0.2) is 41.5 Å².